The summed E-state index contributed by atoms with van der Waals surface area (Å²) in [6, 6.07) is 4.56. The number of H-pyrrole nitrogens is 1. The summed E-state index contributed by atoms with van der Waals surface area (Å²) >= 11 is 0. The Hall–Kier alpha value is -4.49. The van der Waals surface area contributed by atoms with Crippen LogP contribution in [0.15, 0.2) is 46.4 Å². The van der Waals surface area contributed by atoms with Gasteiger partial charge in [-0.3, -0.25) is 9.59 Å². The minimum atomic E-state index is -4.64. The summed E-state index contributed by atoms with van der Waals surface area (Å²) in [6.07, 6.45) is 2.02. The van der Waals surface area contributed by atoms with Gasteiger partial charge in [0.05, 0.1) is 36.1 Å². The molecule has 0 bridgehead atoms. The van der Waals surface area contributed by atoms with Crippen LogP contribution >= 0.6 is 0 Å². The molecule has 0 radical (unpaired) electrons. The zero-order valence-electron chi connectivity index (χ0n) is 21.8. The van der Waals surface area contributed by atoms with Crippen molar-refractivity contribution in [2.45, 2.75) is 38.9 Å². The SMILES string of the molecule is CCCn1ccc2cc(-c3ncc(OC)c(N)n3)c(F)cc2c1=O.O=c1[nH]ncc(N2CCCC2)c1C(F)(F)F. The Bertz CT molecular complexity index is 1630. The van der Waals surface area contributed by atoms with Crippen LogP contribution < -0.4 is 26.5 Å². The molecular formula is C26H27F4N7O3. The van der Waals surface area contributed by atoms with E-state index in [2.05, 4.69) is 15.1 Å². The quantitative estimate of drug-likeness (QED) is 0.350. The number of nitrogens with zero attached hydrogens (tertiary/aromatic N) is 5. The van der Waals surface area contributed by atoms with Gasteiger partial charge in [0.25, 0.3) is 11.1 Å². The molecule has 0 saturated carbocycles. The second kappa shape index (κ2) is 11.7. The smallest absolute Gasteiger partial charge is 0.423 e. The Morgan fingerprint density at radius 2 is 1.88 bits per heavy atom. The zero-order valence-corrected chi connectivity index (χ0v) is 21.8. The van der Waals surface area contributed by atoms with Crippen molar-refractivity contribution in [3.05, 3.63) is 68.9 Å². The van der Waals surface area contributed by atoms with E-state index < -0.39 is 23.1 Å². The van der Waals surface area contributed by atoms with Crippen LogP contribution in [-0.4, -0.2) is 44.9 Å². The second-order valence-corrected chi connectivity index (χ2v) is 9.03. The van der Waals surface area contributed by atoms with Crippen LogP contribution in [0.5, 0.6) is 5.75 Å². The number of methoxy groups -OCH3 is 1. The molecule has 0 aliphatic carbocycles. The molecule has 14 heteroatoms. The number of hydrogen-bond donors (Lipinski definition) is 2. The highest BCUT2D eigenvalue weighted by molar-refractivity contribution is 5.86. The van der Waals surface area contributed by atoms with Crippen molar-refractivity contribution in [2.24, 2.45) is 0 Å². The lowest BCUT2D eigenvalue weighted by atomic mass is 10.1. The fraction of sp³-hybridized carbons (Fsp3) is 0.346. The number of aromatic amines is 1. The van der Waals surface area contributed by atoms with E-state index in [0.717, 1.165) is 25.5 Å². The van der Waals surface area contributed by atoms with Crippen molar-refractivity contribution in [1.29, 1.82) is 0 Å². The first-order valence-corrected chi connectivity index (χ1v) is 12.4. The first-order valence-electron chi connectivity index (χ1n) is 12.4. The van der Waals surface area contributed by atoms with E-state index in [0.29, 0.717) is 36.2 Å². The van der Waals surface area contributed by atoms with Crippen LogP contribution in [0, 0.1) is 5.82 Å². The summed E-state index contributed by atoms with van der Waals surface area (Å²) < 4.78 is 59.2. The molecule has 3 N–H and O–H groups in total. The maximum Gasteiger partial charge on any atom is 0.423 e. The molecule has 4 aromatic rings. The van der Waals surface area contributed by atoms with Gasteiger partial charge in [-0.1, -0.05) is 6.92 Å². The predicted octanol–water partition coefficient (Wildman–Crippen LogP) is 3.99. The van der Waals surface area contributed by atoms with Crippen molar-refractivity contribution in [3.63, 3.8) is 0 Å². The largest absolute Gasteiger partial charge is 0.491 e. The minimum Gasteiger partial charge on any atom is -0.491 e. The third-order valence-electron chi connectivity index (χ3n) is 6.34. The first kappa shape index (κ1) is 28.5. The van der Waals surface area contributed by atoms with Gasteiger partial charge in [-0.25, -0.2) is 19.5 Å². The average molecular weight is 562 g/mol. The molecule has 3 aromatic heterocycles. The van der Waals surface area contributed by atoms with E-state index in [4.69, 9.17) is 10.5 Å². The molecule has 212 valence electrons. The number of nitrogens with one attached hydrogen (secondary N) is 1. The molecule has 1 fully saturated rings. The van der Waals surface area contributed by atoms with E-state index in [9.17, 15) is 27.2 Å². The van der Waals surface area contributed by atoms with Crippen molar-refractivity contribution in [1.82, 2.24) is 24.7 Å². The first-order chi connectivity index (χ1) is 19.0. The van der Waals surface area contributed by atoms with Gasteiger partial charge in [0.1, 0.15) is 11.4 Å². The van der Waals surface area contributed by atoms with Crippen LogP contribution in [0.2, 0.25) is 0 Å². The summed E-state index contributed by atoms with van der Waals surface area (Å²) in [5.41, 5.74) is 3.28. The summed E-state index contributed by atoms with van der Waals surface area (Å²) in [7, 11) is 1.45. The van der Waals surface area contributed by atoms with E-state index in [-0.39, 0.29) is 28.5 Å². The van der Waals surface area contributed by atoms with Gasteiger partial charge in [-0.2, -0.15) is 18.3 Å². The van der Waals surface area contributed by atoms with Crippen molar-refractivity contribution >= 4 is 22.3 Å². The van der Waals surface area contributed by atoms with Crippen LogP contribution in [0.4, 0.5) is 29.1 Å². The lowest BCUT2D eigenvalue weighted by Gasteiger charge is -2.20. The third kappa shape index (κ3) is 5.90. The molecule has 5 rings (SSSR count). The molecule has 1 saturated heterocycles. The number of halogens is 4. The van der Waals surface area contributed by atoms with Gasteiger partial charge in [0, 0.05) is 25.8 Å². The Kier molecular flexibility index (Phi) is 8.35. The number of nitrogens with two attached hydrogens (primary N) is 1. The third-order valence-corrected chi connectivity index (χ3v) is 6.34. The van der Waals surface area contributed by atoms with Gasteiger partial charge in [-0.15, -0.1) is 0 Å². The Morgan fingerprint density at radius 1 is 1.15 bits per heavy atom. The predicted molar refractivity (Wildman–Crippen MR) is 142 cm³/mol. The summed E-state index contributed by atoms with van der Waals surface area (Å²) in [5.74, 6) is 0.0200. The Labute approximate surface area is 225 Å². The molecule has 1 aromatic carbocycles. The summed E-state index contributed by atoms with van der Waals surface area (Å²) in [5, 5.41) is 6.20. The number of hydrogen-bond acceptors (Lipinski definition) is 8. The molecule has 0 amide bonds. The van der Waals surface area contributed by atoms with E-state index in [1.54, 1.807) is 27.8 Å². The monoisotopic (exact) mass is 561 g/mol. The summed E-state index contributed by atoms with van der Waals surface area (Å²) in [6.45, 7) is 3.64. The highest BCUT2D eigenvalue weighted by Gasteiger charge is 2.39. The number of pyridine rings is 1. The van der Waals surface area contributed by atoms with Gasteiger partial charge in [0.15, 0.2) is 17.4 Å². The number of alkyl halides is 3. The molecular weight excluding hydrogens is 534 g/mol. The van der Waals surface area contributed by atoms with Gasteiger partial charge >= 0.3 is 6.18 Å². The molecule has 0 atom stereocenters. The van der Waals surface area contributed by atoms with Crippen LogP contribution in [0.3, 0.4) is 0 Å². The number of anilines is 2. The van der Waals surface area contributed by atoms with Crippen LogP contribution in [0.25, 0.3) is 22.2 Å². The second-order valence-electron chi connectivity index (χ2n) is 9.03. The molecule has 0 spiro atoms. The fourth-order valence-electron chi connectivity index (χ4n) is 4.43. The van der Waals surface area contributed by atoms with E-state index in [1.807, 2.05) is 12.0 Å². The number of aromatic nitrogens is 5. The van der Waals surface area contributed by atoms with Crippen LogP contribution in [-0.2, 0) is 12.7 Å². The van der Waals surface area contributed by atoms with E-state index >= 15 is 0 Å². The fourth-order valence-corrected chi connectivity index (χ4v) is 4.43. The van der Waals surface area contributed by atoms with Crippen molar-refractivity contribution < 1.29 is 22.3 Å². The zero-order chi connectivity index (χ0) is 29.0. The highest BCUT2D eigenvalue weighted by Crippen LogP contribution is 2.34. The van der Waals surface area contributed by atoms with Crippen molar-refractivity contribution in [3.8, 4) is 17.1 Å². The minimum absolute atomic E-state index is 0.117. The normalized spacial score (nSPS) is 13.3. The molecule has 4 heterocycles. The van der Waals surface area contributed by atoms with Crippen molar-refractivity contribution in [2.75, 3.05) is 30.8 Å². The molecule has 1 aliphatic rings. The van der Waals surface area contributed by atoms with Crippen LogP contribution in [0.1, 0.15) is 31.7 Å². The highest BCUT2D eigenvalue weighted by atomic mass is 19.4. The molecule has 10 nitrogen and oxygen atoms in total. The summed E-state index contributed by atoms with van der Waals surface area (Å²) in [4.78, 5) is 33.3. The number of ether oxygens (including phenoxy) is 1. The Morgan fingerprint density at radius 3 is 2.50 bits per heavy atom. The number of benzene rings is 1. The molecule has 1 aliphatic heterocycles. The molecule has 0 unspecified atom stereocenters. The maximum absolute atomic E-state index is 14.5. The number of aryl methyl sites for hydroxylation is 1. The topological polar surface area (TPSA) is 132 Å². The number of nitrogen functional groups attached to an aromatic ring is 1. The lowest BCUT2D eigenvalue weighted by molar-refractivity contribution is -0.138. The van der Waals surface area contributed by atoms with Gasteiger partial charge in [-0.05, 0) is 42.8 Å². The maximum atomic E-state index is 14.5. The van der Waals surface area contributed by atoms with E-state index in [1.165, 1.54) is 19.4 Å². The van der Waals surface area contributed by atoms with Gasteiger partial charge < -0.3 is 19.9 Å². The number of fused-ring (bicyclic) bond motifs is 1. The van der Waals surface area contributed by atoms with Gasteiger partial charge in [0.2, 0.25) is 0 Å². The Balaban J connectivity index is 0.000000201. The number of rotatable bonds is 5. The average Bonchev–Trinajstić information content (AvgIpc) is 3.45. The lowest BCUT2D eigenvalue weighted by Crippen LogP contribution is -2.29. The standard InChI is InChI=1S/C17H17FN4O2.C9H10F3N3O/c1-3-5-22-6-4-10-7-12(13(18)8-11(10)17(22)23)16-20-9-14(24-2)15(19)21-16;10-9(11,12)7-6(5-13-14-8(7)16)15-3-1-2-4-15/h4,6-9H,3,5H2,1-2H3,(H2,19,20,21);5H,1-4H2,(H,14,16). The molecule has 40 heavy (non-hydrogen) atoms.